The van der Waals surface area contributed by atoms with E-state index in [0.29, 0.717) is 18.7 Å². The second-order valence-electron chi connectivity index (χ2n) is 4.52. The predicted octanol–water partition coefficient (Wildman–Crippen LogP) is 0.683. The van der Waals surface area contributed by atoms with Crippen molar-refractivity contribution in [2.45, 2.75) is 6.54 Å². The molecule has 0 aliphatic carbocycles. The number of hydrogen-bond acceptors (Lipinski definition) is 5. The molecule has 0 atom stereocenters. The topological polar surface area (TPSA) is 97.7 Å². The summed E-state index contributed by atoms with van der Waals surface area (Å²) >= 11 is 0. The van der Waals surface area contributed by atoms with Crippen LogP contribution in [0.15, 0.2) is 41.7 Å². The molecule has 2 rings (SSSR count). The summed E-state index contributed by atoms with van der Waals surface area (Å²) in [6.07, 6.45) is 1.91. The van der Waals surface area contributed by atoms with E-state index in [1.54, 1.807) is 28.9 Å². The normalized spacial score (nSPS) is 11.6. The molecule has 21 heavy (non-hydrogen) atoms. The van der Waals surface area contributed by atoms with Crippen molar-refractivity contribution in [2.75, 3.05) is 13.2 Å². The van der Waals surface area contributed by atoms with Crippen molar-refractivity contribution in [3.63, 3.8) is 0 Å². The first kappa shape index (κ1) is 14.9. The zero-order valence-corrected chi connectivity index (χ0v) is 11.9. The molecule has 1 aromatic carbocycles. The van der Waals surface area contributed by atoms with Gasteiger partial charge in [-0.2, -0.15) is 5.10 Å². The van der Waals surface area contributed by atoms with Crippen LogP contribution in [0.3, 0.4) is 0 Å². The van der Waals surface area contributed by atoms with Crippen molar-refractivity contribution in [2.24, 2.45) is 17.9 Å². The summed E-state index contributed by atoms with van der Waals surface area (Å²) in [5.74, 6) is 0.822. The van der Waals surface area contributed by atoms with Crippen LogP contribution in [0.25, 0.3) is 0 Å². The lowest BCUT2D eigenvalue weighted by atomic mass is 10.2. The minimum Gasteiger partial charge on any atom is -0.492 e. The molecule has 0 amide bonds. The highest BCUT2D eigenvalue weighted by molar-refractivity contribution is 5.97. The fourth-order valence-electron chi connectivity index (χ4n) is 1.79. The second kappa shape index (κ2) is 7.30. The molecule has 1 aromatic heterocycles. The van der Waals surface area contributed by atoms with E-state index in [4.69, 9.17) is 15.7 Å². The zero-order valence-electron chi connectivity index (χ0n) is 11.9. The lowest BCUT2D eigenvalue weighted by molar-refractivity contribution is 0.313. The summed E-state index contributed by atoms with van der Waals surface area (Å²) in [6.45, 7) is 1.99. The molecule has 7 heteroatoms. The molecule has 0 fully saturated rings. The van der Waals surface area contributed by atoms with Gasteiger partial charge in [-0.05, 0) is 30.3 Å². The van der Waals surface area contributed by atoms with Gasteiger partial charge in [0.15, 0.2) is 5.84 Å². The van der Waals surface area contributed by atoms with Gasteiger partial charge in [0.2, 0.25) is 0 Å². The Hall–Kier alpha value is -2.54. The van der Waals surface area contributed by atoms with Gasteiger partial charge >= 0.3 is 0 Å². The van der Waals surface area contributed by atoms with Crippen LogP contribution in [0.4, 0.5) is 0 Å². The number of amidine groups is 1. The third-order valence-corrected chi connectivity index (χ3v) is 2.88. The van der Waals surface area contributed by atoms with Crippen molar-refractivity contribution in [3.05, 3.63) is 47.8 Å². The smallest absolute Gasteiger partial charge is 0.170 e. The summed E-state index contributed by atoms with van der Waals surface area (Å²) < 4.78 is 7.36. The number of nitrogens with one attached hydrogen (secondary N) is 1. The Bertz CT molecular complexity index is 592. The lowest BCUT2D eigenvalue weighted by Gasteiger charge is -2.07. The van der Waals surface area contributed by atoms with Gasteiger partial charge in [0.1, 0.15) is 12.4 Å². The average molecular weight is 289 g/mol. The van der Waals surface area contributed by atoms with E-state index in [2.05, 4.69) is 15.6 Å². The quantitative estimate of drug-likeness (QED) is 0.229. The largest absolute Gasteiger partial charge is 0.492 e. The van der Waals surface area contributed by atoms with Crippen LogP contribution >= 0.6 is 0 Å². The Morgan fingerprint density at radius 2 is 2.14 bits per heavy atom. The number of nitrogens with two attached hydrogens (primary N) is 1. The molecule has 1 heterocycles. The van der Waals surface area contributed by atoms with Gasteiger partial charge in [0, 0.05) is 31.9 Å². The predicted molar refractivity (Wildman–Crippen MR) is 79.4 cm³/mol. The molecule has 0 spiro atoms. The Balaban J connectivity index is 1.69. The molecule has 7 nitrogen and oxygen atoms in total. The monoisotopic (exact) mass is 289 g/mol. The van der Waals surface area contributed by atoms with E-state index in [0.717, 1.165) is 18.0 Å². The minimum absolute atomic E-state index is 0.0820. The van der Waals surface area contributed by atoms with Crippen molar-refractivity contribution >= 4 is 5.84 Å². The Labute approximate surface area is 123 Å². The first-order valence-corrected chi connectivity index (χ1v) is 6.59. The number of rotatable bonds is 7. The van der Waals surface area contributed by atoms with E-state index < -0.39 is 0 Å². The Morgan fingerprint density at radius 3 is 2.76 bits per heavy atom. The number of aryl methyl sites for hydroxylation is 1. The first-order chi connectivity index (χ1) is 10.2. The van der Waals surface area contributed by atoms with E-state index in [1.807, 2.05) is 19.3 Å². The maximum absolute atomic E-state index is 8.57. The third kappa shape index (κ3) is 4.50. The molecule has 0 saturated carbocycles. The maximum Gasteiger partial charge on any atom is 0.170 e. The molecule has 4 N–H and O–H groups in total. The lowest BCUT2D eigenvalue weighted by Crippen LogP contribution is -2.21. The highest BCUT2D eigenvalue weighted by Crippen LogP contribution is 2.11. The summed E-state index contributed by atoms with van der Waals surface area (Å²) in [5, 5.41) is 19.0. The number of oxime groups is 1. The van der Waals surface area contributed by atoms with E-state index in [1.165, 1.54) is 0 Å². The average Bonchev–Trinajstić information content (AvgIpc) is 2.92. The fraction of sp³-hybridized carbons (Fsp3) is 0.286. The van der Waals surface area contributed by atoms with Gasteiger partial charge in [-0.1, -0.05) is 5.16 Å². The number of hydrogen-bond donors (Lipinski definition) is 3. The van der Waals surface area contributed by atoms with Gasteiger partial charge in [0.25, 0.3) is 0 Å². The molecule has 0 saturated heterocycles. The molecular formula is C14H19N5O2. The molecule has 2 aromatic rings. The third-order valence-electron chi connectivity index (χ3n) is 2.88. The van der Waals surface area contributed by atoms with E-state index >= 15 is 0 Å². The van der Waals surface area contributed by atoms with Crippen LogP contribution in [0.5, 0.6) is 5.75 Å². The van der Waals surface area contributed by atoms with Crippen molar-refractivity contribution in [1.29, 1.82) is 0 Å². The van der Waals surface area contributed by atoms with Gasteiger partial charge < -0.3 is 21.0 Å². The van der Waals surface area contributed by atoms with Crippen LogP contribution < -0.4 is 15.8 Å². The molecular weight excluding hydrogens is 270 g/mol. The second-order valence-corrected chi connectivity index (χ2v) is 4.52. The molecule has 0 bridgehead atoms. The SMILES string of the molecule is Cn1ccc(CNCCOc2ccc(/C(N)=N/O)cc2)n1. The number of nitrogens with zero attached hydrogens (tertiary/aromatic N) is 3. The minimum atomic E-state index is 0.0820. The summed E-state index contributed by atoms with van der Waals surface area (Å²) in [4.78, 5) is 0. The number of aromatic nitrogens is 2. The molecule has 0 aliphatic heterocycles. The van der Waals surface area contributed by atoms with Gasteiger partial charge in [0.05, 0.1) is 5.69 Å². The molecule has 0 aliphatic rings. The van der Waals surface area contributed by atoms with Crippen molar-refractivity contribution in [3.8, 4) is 5.75 Å². The van der Waals surface area contributed by atoms with Crippen LogP contribution in [-0.4, -0.2) is 34.0 Å². The highest BCUT2D eigenvalue weighted by Gasteiger charge is 2.00. The molecule has 0 unspecified atom stereocenters. The van der Waals surface area contributed by atoms with Crippen molar-refractivity contribution < 1.29 is 9.94 Å². The number of ether oxygens (including phenoxy) is 1. The van der Waals surface area contributed by atoms with Gasteiger partial charge in [-0.3, -0.25) is 4.68 Å². The molecule has 112 valence electrons. The Morgan fingerprint density at radius 1 is 1.38 bits per heavy atom. The van der Waals surface area contributed by atoms with Crippen LogP contribution in [0, 0.1) is 0 Å². The van der Waals surface area contributed by atoms with Crippen LogP contribution in [0.2, 0.25) is 0 Å². The zero-order chi connectivity index (χ0) is 15.1. The summed E-state index contributed by atoms with van der Waals surface area (Å²) in [5.41, 5.74) is 7.13. The van der Waals surface area contributed by atoms with E-state index in [9.17, 15) is 0 Å². The van der Waals surface area contributed by atoms with Gasteiger partial charge in [-0.15, -0.1) is 0 Å². The summed E-state index contributed by atoms with van der Waals surface area (Å²) in [7, 11) is 1.89. The first-order valence-electron chi connectivity index (χ1n) is 6.59. The fourth-order valence-corrected chi connectivity index (χ4v) is 1.79. The highest BCUT2D eigenvalue weighted by atomic mass is 16.5. The van der Waals surface area contributed by atoms with E-state index in [-0.39, 0.29) is 5.84 Å². The standard InChI is InChI=1S/C14H19N5O2/c1-19-8-6-12(17-19)10-16-7-9-21-13-4-2-11(3-5-13)14(15)18-20/h2-6,8,16,20H,7,9-10H2,1H3,(H2,15,18). The van der Waals surface area contributed by atoms with Crippen LogP contribution in [-0.2, 0) is 13.6 Å². The molecule has 0 radical (unpaired) electrons. The van der Waals surface area contributed by atoms with Crippen LogP contribution in [0.1, 0.15) is 11.3 Å². The summed E-state index contributed by atoms with van der Waals surface area (Å²) in [6, 6.07) is 9.02. The van der Waals surface area contributed by atoms with Crippen molar-refractivity contribution in [1.82, 2.24) is 15.1 Å². The number of benzene rings is 1. The van der Waals surface area contributed by atoms with Gasteiger partial charge in [-0.25, -0.2) is 0 Å². The Kier molecular flexibility index (Phi) is 5.16. The maximum atomic E-state index is 8.57.